The number of sulfonamides is 1. The normalized spacial score (nSPS) is 16.1. The third-order valence-electron chi connectivity index (χ3n) is 5.56. The quantitative estimate of drug-likeness (QED) is 0.560. The molecule has 2 aromatic rings. The maximum Gasteiger partial charge on any atom is 0.248 e. The minimum Gasteiger partial charge on any atom is -0.360 e. The number of rotatable bonds is 7. The lowest BCUT2D eigenvalue weighted by Gasteiger charge is -2.21. The molecule has 2 aromatic heterocycles. The first kappa shape index (κ1) is 24.5. The van der Waals surface area contributed by atoms with E-state index in [-0.39, 0.29) is 23.1 Å². The van der Waals surface area contributed by atoms with Gasteiger partial charge in [-0.25, -0.2) is 8.42 Å². The maximum absolute atomic E-state index is 13.1. The van der Waals surface area contributed by atoms with E-state index < -0.39 is 10.0 Å². The van der Waals surface area contributed by atoms with Gasteiger partial charge in [-0.15, -0.1) is 0 Å². The second kappa shape index (κ2) is 10.2. The van der Waals surface area contributed by atoms with E-state index in [1.165, 1.54) is 10.4 Å². The molecule has 0 spiro atoms. The molecule has 3 rings (SSSR count). The summed E-state index contributed by atoms with van der Waals surface area (Å²) < 4.78 is 34.3. The highest BCUT2D eigenvalue weighted by molar-refractivity contribution is 7.89. The highest BCUT2D eigenvalue weighted by atomic mass is 35.5. The van der Waals surface area contributed by atoms with Gasteiger partial charge in [-0.05, 0) is 39.7 Å². The summed E-state index contributed by atoms with van der Waals surface area (Å²) in [6.07, 6.45) is 5.73. The zero-order chi connectivity index (χ0) is 23.5. The number of carbonyl (C=O) groups excluding carboxylic acids is 1. The fourth-order valence-electron chi connectivity index (χ4n) is 3.80. The Kier molecular flexibility index (Phi) is 7.79. The lowest BCUT2D eigenvalue weighted by molar-refractivity contribution is -0.125. The Morgan fingerprint density at radius 3 is 2.56 bits per heavy atom. The molecule has 0 saturated carbocycles. The molecule has 0 aliphatic carbocycles. The molecule has 9 nitrogen and oxygen atoms in total. The van der Waals surface area contributed by atoms with Crippen molar-refractivity contribution in [1.82, 2.24) is 24.1 Å². The third kappa shape index (κ3) is 5.07. The fraction of sp³-hybridized carbons (Fsp3) is 0.571. The molecule has 1 aliphatic heterocycles. The largest absolute Gasteiger partial charge is 0.360 e. The standard InChI is InChI=1S/C21H30ClN5O4S/c1-5-6-12-27-21(22)18(15(2)23-27)8-9-19(28)25-10-7-11-26(14-13-25)32(29,30)20-16(3)24-31-17(20)4/h8-9H,5-7,10-14H2,1-4H3/b9-8+. The van der Waals surface area contributed by atoms with Crippen molar-refractivity contribution < 1.29 is 17.7 Å². The van der Waals surface area contributed by atoms with Gasteiger partial charge in [-0.2, -0.15) is 9.40 Å². The lowest BCUT2D eigenvalue weighted by Crippen LogP contribution is -2.37. The number of amides is 1. The van der Waals surface area contributed by atoms with E-state index in [2.05, 4.69) is 17.2 Å². The Morgan fingerprint density at radius 1 is 1.16 bits per heavy atom. The molecule has 1 fully saturated rings. The summed E-state index contributed by atoms with van der Waals surface area (Å²) in [5.41, 5.74) is 1.84. The molecule has 1 saturated heterocycles. The Morgan fingerprint density at radius 2 is 1.91 bits per heavy atom. The highest BCUT2D eigenvalue weighted by Gasteiger charge is 2.32. The second-order valence-electron chi connectivity index (χ2n) is 7.94. The van der Waals surface area contributed by atoms with Gasteiger partial charge in [-0.3, -0.25) is 9.48 Å². The van der Waals surface area contributed by atoms with E-state index in [4.69, 9.17) is 16.1 Å². The van der Waals surface area contributed by atoms with E-state index in [0.717, 1.165) is 30.6 Å². The van der Waals surface area contributed by atoms with Crippen LogP contribution >= 0.6 is 11.6 Å². The van der Waals surface area contributed by atoms with Crippen molar-refractivity contribution in [3.8, 4) is 0 Å². The van der Waals surface area contributed by atoms with Gasteiger partial charge in [0.2, 0.25) is 15.9 Å². The molecule has 0 radical (unpaired) electrons. The van der Waals surface area contributed by atoms with E-state index in [1.807, 2.05) is 6.92 Å². The van der Waals surface area contributed by atoms with Gasteiger partial charge in [0.15, 0.2) is 5.76 Å². The molecule has 11 heteroatoms. The van der Waals surface area contributed by atoms with E-state index in [9.17, 15) is 13.2 Å². The minimum absolute atomic E-state index is 0.113. The van der Waals surface area contributed by atoms with Gasteiger partial charge < -0.3 is 9.42 Å². The van der Waals surface area contributed by atoms with Gasteiger partial charge >= 0.3 is 0 Å². The summed E-state index contributed by atoms with van der Waals surface area (Å²) in [6.45, 7) is 9.21. The summed E-state index contributed by atoms with van der Waals surface area (Å²) >= 11 is 6.44. The van der Waals surface area contributed by atoms with Crippen molar-refractivity contribution in [3.05, 3.63) is 33.9 Å². The molecule has 0 atom stereocenters. The summed E-state index contributed by atoms with van der Waals surface area (Å²) in [5, 5.41) is 8.73. The van der Waals surface area contributed by atoms with Crippen molar-refractivity contribution in [2.45, 2.75) is 58.4 Å². The average Bonchev–Trinajstić information content (AvgIpc) is 3.09. The monoisotopic (exact) mass is 483 g/mol. The molecular weight excluding hydrogens is 454 g/mol. The van der Waals surface area contributed by atoms with E-state index in [1.54, 1.807) is 29.5 Å². The maximum atomic E-state index is 13.1. The van der Waals surface area contributed by atoms with Crippen LogP contribution in [0.1, 0.15) is 48.9 Å². The Labute approximate surface area is 194 Å². The molecule has 0 aromatic carbocycles. The van der Waals surface area contributed by atoms with Gasteiger partial charge in [0.1, 0.15) is 15.7 Å². The zero-order valence-electron chi connectivity index (χ0n) is 19.0. The van der Waals surface area contributed by atoms with Crippen LogP contribution in [0.25, 0.3) is 6.08 Å². The van der Waals surface area contributed by atoms with Crippen molar-refractivity contribution in [2.75, 3.05) is 26.2 Å². The summed E-state index contributed by atoms with van der Waals surface area (Å²) in [5.74, 6) is 0.0905. The summed E-state index contributed by atoms with van der Waals surface area (Å²) in [4.78, 5) is 14.6. The van der Waals surface area contributed by atoms with Crippen molar-refractivity contribution in [3.63, 3.8) is 0 Å². The Bertz CT molecular complexity index is 1090. The van der Waals surface area contributed by atoms with Crippen LogP contribution in [0.5, 0.6) is 0 Å². The molecule has 1 amide bonds. The third-order valence-corrected chi connectivity index (χ3v) is 8.10. The molecule has 1 aliphatic rings. The summed E-state index contributed by atoms with van der Waals surface area (Å²) in [6, 6.07) is 0. The van der Waals surface area contributed by atoms with Crippen LogP contribution in [-0.2, 0) is 21.4 Å². The second-order valence-corrected chi connectivity index (χ2v) is 10.2. The zero-order valence-corrected chi connectivity index (χ0v) is 20.5. The average molecular weight is 484 g/mol. The first-order valence-corrected chi connectivity index (χ1v) is 12.6. The van der Waals surface area contributed by atoms with Crippen molar-refractivity contribution in [1.29, 1.82) is 0 Å². The van der Waals surface area contributed by atoms with Crippen LogP contribution in [0.15, 0.2) is 15.5 Å². The fourth-order valence-corrected chi connectivity index (χ4v) is 5.88. The van der Waals surface area contributed by atoms with Gasteiger partial charge in [0, 0.05) is 44.4 Å². The predicted molar refractivity (Wildman–Crippen MR) is 122 cm³/mol. The van der Waals surface area contributed by atoms with E-state index >= 15 is 0 Å². The number of aromatic nitrogens is 3. The molecule has 0 bridgehead atoms. The van der Waals surface area contributed by atoms with Crippen molar-refractivity contribution >= 4 is 33.6 Å². The predicted octanol–water partition coefficient (Wildman–Crippen LogP) is 3.19. The Hall–Kier alpha value is -2.17. The molecule has 0 unspecified atom stereocenters. The first-order chi connectivity index (χ1) is 15.2. The lowest BCUT2D eigenvalue weighted by atomic mass is 10.2. The number of nitrogens with zero attached hydrogens (tertiary/aromatic N) is 5. The Balaban J connectivity index is 1.68. The number of hydrogen-bond acceptors (Lipinski definition) is 6. The molecule has 0 N–H and O–H groups in total. The number of unbranched alkanes of at least 4 members (excludes halogenated alkanes) is 1. The minimum atomic E-state index is -3.73. The van der Waals surface area contributed by atoms with Gasteiger partial charge in [0.25, 0.3) is 0 Å². The van der Waals surface area contributed by atoms with Crippen LogP contribution in [-0.4, -0.2) is 64.6 Å². The van der Waals surface area contributed by atoms with Crippen LogP contribution < -0.4 is 0 Å². The number of hydrogen-bond donors (Lipinski definition) is 0. The van der Waals surface area contributed by atoms with E-state index in [0.29, 0.717) is 36.9 Å². The highest BCUT2D eigenvalue weighted by Crippen LogP contribution is 2.25. The van der Waals surface area contributed by atoms with Crippen LogP contribution in [0, 0.1) is 20.8 Å². The van der Waals surface area contributed by atoms with Crippen LogP contribution in [0.3, 0.4) is 0 Å². The number of aryl methyl sites for hydroxylation is 4. The molecule has 176 valence electrons. The van der Waals surface area contributed by atoms with Crippen LogP contribution in [0.2, 0.25) is 5.15 Å². The number of carbonyl (C=O) groups is 1. The van der Waals surface area contributed by atoms with Crippen LogP contribution in [0.4, 0.5) is 0 Å². The number of halogens is 1. The molecule has 32 heavy (non-hydrogen) atoms. The van der Waals surface area contributed by atoms with Gasteiger partial charge in [-0.1, -0.05) is 30.1 Å². The van der Waals surface area contributed by atoms with Gasteiger partial charge in [0.05, 0.1) is 5.69 Å². The molecular formula is C21H30ClN5O4S. The smallest absolute Gasteiger partial charge is 0.248 e. The first-order valence-electron chi connectivity index (χ1n) is 10.8. The summed E-state index contributed by atoms with van der Waals surface area (Å²) in [7, 11) is -3.73. The topological polar surface area (TPSA) is 102 Å². The molecule has 3 heterocycles. The van der Waals surface area contributed by atoms with Crippen molar-refractivity contribution in [2.24, 2.45) is 0 Å². The SMILES string of the molecule is CCCCn1nc(C)c(/C=C/C(=O)N2CCCN(S(=O)(=O)c3c(C)noc3C)CC2)c1Cl.